The number of carbonyl (C=O) groups excluding carboxylic acids is 3. The van der Waals surface area contributed by atoms with Gasteiger partial charge in [-0.15, -0.1) is 0 Å². The SMILES string of the molecule is Cc1noc(C)c1NC(=O)N(C)C[C@@H]1Oc2ccc(NC(=O)Nc3ccc(F)cc3)cc2CC(=O)N([C@@H](C)CO)C[C@@H]1C. The van der Waals surface area contributed by atoms with Gasteiger partial charge in [0.1, 0.15) is 29.1 Å². The first-order chi connectivity index (χ1) is 20.4. The molecule has 12 nitrogen and oxygen atoms in total. The molecule has 3 atom stereocenters. The average Bonchev–Trinajstić information content (AvgIpc) is 3.30. The molecule has 2 aromatic carbocycles. The second-order valence-electron chi connectivity index (χ2n) is 10.8. The number of fused-ring (bicyclic) bond motifs is 1. The van der Waals surface area contributed by atoms with Crippen LogP contribution >= 0.6 is 0 Å². The van der Waals surface area contributed by atoms with Crippen LogP contribution in [-0.2, 0) is 11.2 Å². The van der Waals surface area contributed by atoms with E-state index in [1.54, 1.807) is 50.9 Å². The summed E-state index contributed by atoms with van der Waals surface area (Å²) in [5.41, 5.74) is 2.41. The highest BCUT2D eigenvalue weighted by atomic mass is 19.1. The first kappa shape index (κ1) is 31.3. The number of aliphatic hydroxyl groups excluding tert-OH is 1. The lowest BCUT2D eigenvalue weighted by Gasteiger charge is -2.34. The number of aromatic nitrogens is 1. The van der Waals surface area contributed by atoms with Gasteiger partial charge < -0.3 is 40.1 Å². The molecule has 0 saturated carbocycles. The molecule has 43 heavy (non-hydrogen) atoms. The fourth-order valence-electron chi connectivity index (χ4n) is 4.77. The van der Waals surface area contributed by atoms with E-state index in [-0.39, 0.29) is 37.4 Å². The normalized spacial score (nSPS) is 17.5. The van der Waals surface area contributed by atoms with E-state index in [4.69, 9.17) is 9.26 Å². The standard InChI is InChI=1S/C30H37FN6O6/c1-17-14-37(18(2)16-38)27(39)13-21-12-24(33-29(40)32-23-8-6-22(31)7-9-23)10-11-25(21)42-26(17)15-36(5)30(41)34-28-19(3)35-43-20(28)4/h6-12,17-18,26,38H,13-16H2,1-5H3,(H,34,41)(H2,32,33,40)/t17-,18-,26-/m0/s1. The van der Waals surface area contributed by atoms with Crippen molar-refractivity contribution in [2.75, 3.05) is 42.7 Å². The molecule has 1 aromatic heterocycles. The summed E-state index contributed by atoms with van der Waals surface area (Å²) in [4.78, 5) is 42.2. The van der Waals surface area contributed by atoms with Gasteiger partial charge in [0.2, 0.25) is 5.91 Å². The molecular weight excluding hydrogens is 559 g/mol. The van der Waals surface area contributed by atoms with Crippen molar-refractivity contribution in [1.82, 2.24) is 15.0 Å². The molecule has 1 aliphatic rings. The number of aryl methyl sites for hydroxylation is 2. The number of halogens is 1. The average molecular weight is 597 g/mol. The predicted octanol–water partition coefficient (Wildman–Crippen LogP) is 4.39. The maximum absolute atomic E-state index is 13.4. The van der Waals surface area contributed by atoms with Crippen molar-refractivity contribution < 1.29 is 33.1 Å². The van der Waals surface area contributed by atoms with Crippen molar-refractivity contribution in [3.63, 3.8) is 0 Å². The lowest BCUT2D eigenvalue weighted by atomic mass is 10.0. The topological polar surface area (TPSA) is 149 Å². The minimum absolute atomic E-state index is 0.0312. The molecule has 0 saturated heterocycles. The second kappa shape index (κ2) is 13.6. The van der Waals surface area contributed by atoms with E-state index >= 15 is 0 Å². The number of hydrogen-bond acceptors (Lipinski definition) is 7. The third-order valence-corrected chi connectivity index (χ3v) is 7.34. The van der Waals surface area contributed by atoms with Crippen molar-refractivity contribution in [1.29, 1.82) is 0 Å². The van der Waals surface area contributed by atoms with Crippen LogP contribution in [0.15, 0.2) is 47.0 Å². The Labute approximate surface area is 249 Å². The zero-order valence-electron chi connectivity index (χ0n) is 24.8. The van der Waals surface area contributed by atoms with Gasteiger partial charge in [-0.05, 0) is 63.2 Å². The van der Waals surface area contributed by atoms with Crippen molar-refractivity contribution in [2.24, 2.45) is 5.92 Å². The number of ether oxygens (including phenoxy) is 1. The van der Waals surface area contributed by atoms with Crippen molar-refractivity contribution >= 4 is 35.0 Å². The van der Waals surface area contributed by atoms with Gasteiger partial charge in [0.15, 0.2) is 5.76 Å². The molecule has 4 rings (SSSR count). The van der Waals surface area contributed by atoms with Crippen LogP contribution in [0, 0.1) is 25.6 Å². The number of nitrogens with one attached hydrogen (secondary N) is 3. The second-order valence-corrected chi connectivity index (χ2v) is 10.8. The van der Waals surface area contributed by atoms with E-state index in [1.807, 2.05) is 6.92 Å². The van der Waals surface area contributed by atoms with E-state index in [0.717, 1.165) is 0 Å². The Morgan fingerprint density at radius 1 is 1.14 bits per heavy atom. The largest absolute Gasteiger partial charge is 0.488 e. The molecule has 0 spiro atoms. The summed E-state index contributed by atoms with van der Waals surface area (Å²) in [6, 6.07) is 8.96. The van der Waals surface area contributed by atoms with Crippen molar-refractivity contribution in [2.45, 2.75) is 46.3 Å². The number of rotatable bonds is 7. The summed E-state index contributed by atoms with van der Waals surface area (Å²) < 4.78 is 24.8. The van der Waals surface area contributed by atoms with Crippen LogP contribution in [0.1, 0.15) is 30.9 Å². The maximum atomic E-state index is 13.4. The van der Waals surface area contributed by atoms with E-state index in [0.29, 0.717) is 46.4 Å². The first-order valence-electron chi connectivity index (χ1n) is 13.9. The summed E-state index contributed by atoms with van der Waals surface area (Å²) in [7, 11) is 1.64. The number of aliphatic hydroxyl groups is 1. The van der Waals surface area contributed by atoms with Gasteiger partial charge in [0.25, 0.3) is 0 Å². The summed E-state index contributed by atoms with van der Waals surface area (Å²) in [5.74, 6) is 0.0716. The van der Waals surface area contributed by atoms with Gasteiger partial charge in [0.05, 0.1) is 25.6 Å². The Kier molecular flexibility index (Phi) is 9.86. The van der Waals surface area contributed by atoms with Gasteiger partial charge in [-0.3, -0.25) is 4.79 Å². The Morgan fingerprint density at radius 2 is 1.81 bits per heavy atom. The molecule has 3 aromatic rings. The highest BCUT2D eigenvalue weighted by Crippen LogP contribution is 2.29. The highest BCUT2D eigenvalue weighted by molar-refractivity contribution is 6.00. The smallest absolute Gasteiger partial charge is 0.323 e. The van der Waals surface area contributed by atoms with Crippen LogP contribution in [0.3, 0.4) is 0 Å². The first-order valence-corrected chi connectivity index (χ1v) is 13.9. The van der Waals surface area contributed by atoms with Gasteiger partial charge in [-0.25, -0.2) is 14.0 Å². The van der Waals surface area contributed by atoms with Gasteiger partial charge in [-0.2, -0.15) is 0 Å². The van der Waals surface area contributed by atoms with Crippen molar-refractivity contribution in [3.05, 3.63) is 65.3 Å². The van der Waals surface area contributed by atoms with Gasteiger partial charge in [0, 0.05) is 36.4 Å². The summed E-state index contributed by atoms with van der Waals surface area (Å²) >= 11 is 0. The molecule has 2 heterocycles. The van der Waals surface area contributed by atoms with E-state index < -0.39 is 24.0 Å². The predicted molar refractivity (Wildman–Crippen MR) is 159 cm³/mol. The number of carbonyl (C=O) groups is 3. The van der Waals surface area contributed by atoms with E-state index in [9.17, 15) is 23.9 Å². The quantitative estimate of drug-likeness (QED) is 0.316. The molecule has 0 fully saturated rings. The number of amides is 5. The minimum atomic E-state index is -0.546. The molecule has 0 unspecified atom stereocenters. The molecule has 0 bridgehead atoms. The van der Waals surface area contributed by atoms with E-state index in [2.05, 4.69) is 21.1 Å². The lowest BCUT2D eigenvalue weighted by Crippen LogP contribution is -2.48. The molecular formula is C30H37FN6O6. The Hall–Kier alpha value is -4.65. The molecule has 5 amide bonds. The number of anilines is 3. The third-order valence-electron chi connectivity index (χ3n) is 7.34. The minimum Gasteiger partial charge on any atom is -0.488 e. The van der Waals surface area contributed by atoms with Crippen LogP contribution in [0.4, 0.5) is 31.0 Å². The zero-order valence-corrected chi connectivity index (χ0v) is 24.8. The number of urea groups is 2. The highest BCUT2D eigenvalue weighted by Gasteiger charge is 2.32. The van der Waals surface area contributed by atoms with Gasteiger partial charge >= 0.3 is 12.1 Å². The van der Waals surface area contributed by atoms with Crippen molar-refractivity contribution in [3.8, 4) is 5.75 Å². The van der Waals surface area contributed by atoms with Gasteiger partial charge in [-0.1, -0.05) is 12.1 Å². The summed E-state index contributed by atoms with van der Waals surface area (Å²) in [5, 5.41) is 21.9. The number of hydrogen-bond donors (Lipinski definition) is 4. The lowest BCUT2D eigenvalue weighted by molar-refractivity contribution is -0.134. The number of nitrogens with zero attached hydrogens (tertiary/aromatic N) is 3. The zero-order chi connectivity index (χ0) is 31.3. The molecule has 230 valence electrons. The summed E-state index contributed by atoms with van der Waals surface area (Å²) in [6.07, 6.45) is -0.560. The fourth-order valence-corrected chi connectivity index (χ4v) is 4.77. The Bertz CT molecular complexity index is 1440. The van der Waals surface area contributed by atoms with Crippen LogP contribution in [0.5, 0.6) is 5.75 Å². The monoisotopic (exact) mass is 596 g/mol. The number of likely N-dealkylation sites (N-methyl/N-ethyl adjacent to an activating group) is 1. The third kappa shape index (κ3) is 7.80. The Balaban J connectivity index is 1.56. The molecule has 4 N–H and O–H groups in total. The Morgan fingerprint density at radius 3 is 2.47 bits per heavy atom. The number of benzene rings is 2. The van der Waals surface area contributed by atoms with Crippen LogP contribution in [-0.4, -0.2) is 76.9 Å². The van der Waals surface area contributed by atoms with Crippen LogP contribution in [0.2, 0.25) is 0 Å². The van der Waals surface area contributed by atoms with Crippen LogP contribution in [0.25, 0.3) is 0 Å². The molecule has 13 heteroatoms. The van der Waals surface area contributed by atoms with Crippen LogP contribution < -0.4 is 20.7 Å². The molecule has 0 aliphatic carbocycles. The van der Waals surface area contributed by atoms with E-state index in [1.165, 1.54) is 29.2 Å². The summed E-state index contributed by atoms with van der Waals surface area (Å²) in [6.45, 7) is 7.39. The maximum Gasteiger partial charge on any atom is 0.323 e. The molecule has 0 radical (unpaired) electrons. The molecule has 1 aliphatic heterocycles. The fraction of sp³-hybridized carbons (Fsp3) is 0.400.